The van der Waals surface area contributed by atoms with Crippen LogP contribution in [-0.4, -0.2) is 41.4 Å². The number of fused-ring (bicyclic) bond motifs is 1. The lowest BCUT2D eigenvalue weighted by atomic mass is 10.2. The molecule has 0 unspecified atom stereocenters. The Morgan fingerprint density at radius 1 is 1.25 bits per heavy atom. The van der Waals surface area contributed by atoms with Crippen LogP contribution in [0, 0.1) is 0 Å². The Balaban J connectivity index is 1.50. The van der Waals surface area contributed by atoms with Crippen molar-refractivity contribution in [1.29, 1.82) is 0 Å². The molecule has 0 N–H and O–H groups in total. The van der Waals surface area contributed by atoms with Crippen molar-refractivity contribution in [2.24, 2.45) is 5.10 Å². The maximum Gasteiger partial charge on any atom is 0.212 e. The van der Waals surface area contributed by atoms with Crippen molar-refractivity contribution in [2.75, 3.05) is 20.3 Å². The molecule has 1 aromatic heterocycles. The van der Waals surface area contributed by atoms with Crippen molar-refractivity contribution in [3.05, 3.63) is 58.9 Å². The highest BCUT2D eigenvalue weighted by atomic mass is 35.5. The largest absolute Gasteiger partial charge is 0.493 e. The maximum atomic E-state index is 5.92. The van der Waals surface area contributed by atoms with Crippen molar-refractivity contribution in [3.8, 4) is 17.2 Å². The number of rotatable bonds is 6. The number of nitrogens with zero attached hydrogens (tertiary/aromatic N) is 4. The highest BCUT2D eigenvalue weighted by Crippen LogP contribution is 2.40. The van der Waals surface area contributed by atoms with Gasteiger partial charge in [0, 0.05) is 16.3 Å². The average molecular weight is 417 g/mol. The van der Waals surface area contributed by atoms with Gasteiger partial charge in [0.25, 0.3) is 0 Å². The van der Waals surface area contributed by atoms with Crippen LogP contribution < -0.4 is 14.2 Å². The number of aromatic nitrogens is 3. The van der Waals surface area contributed by atoms with Crippen molar-refractivity contribution >= 4 is 29.6 Å². The van der Waals surface area contributed by atoms with E-state index in [0.29, 0.717) is 35.6 Å². The summed E-state index contributed by atoms with van der Waals surface area (Å²) in [5, 5.41) is 14.0. The Morgan fingerprint density at radius 2 is 2.07 bits per heavy atom. The smallest absolute Gasteiger partial charge is 0.212 e. The molecule has 2 heterocycles. The Bertz CT molecular complexity index is 974. The fraction of sp³-hybridized carbons (Fsp3) is 0.211. The average Bonchev–Trinajstić information content (AvgIpc) is 3.18. The summed E-state index contributed by atoms with van der Waals surface area (Å²) in [6, 6.07) is 11.4. The molecule has 7 nitrogen and oxygen atoms in total. The quantitative estimate of drug-likeness (QED) is 0.448. The van der Waals surface area contributed by atoms with Gasteiger partial charge in [-0.25, -0.2) is 0 Å². The third kappa shape index (κ3) is 4.23. The van der Waals surface area contributed by atoms with Crippen molar-refractivity contribution in [1.82, 2.24) is 14.9 Å². The van der Waals surface area contributed by atoms with Gasteiger partial charge >= 0.3 is 0 Å². The van der Waals surface area contributed by atoms with Crippen LogP contribution in [0.4, 0.5) is 0 Å². The van der Waals surface area contributed by atoms with Crippen LogP contribution in [0.5, 0.6) is 17.2 Å². The summed E-state index contributed by atoms with van der Waals surface area (Å²) in [5.41, 5.74) is 1.97. The van der Waals surface area contributed by atoms with E-state index in [2.05, 4.69) is 15.3 Å². The Labute approximate surface area is 171 Å². The van der Waals surface area contributed by atoms with Gasteiger partial charge in [-0.2, -0.15) is 9.78 Å². The summed E-state index contributed by atoms with van der Waals surface area (Å²) in [6.07, 6.45) is 3.27. The van der Waals surface area contributed by atoms with Crippen LogP contribution in [0.2, 0.25) is 5.02 Å². The predicted molar refractivity (Wildman–Crippen MR) is 108 cm³/mol. The molecule has 3 aromatic rings. The topological polar surface area (TPSA) is 70.8 Å². The molecule has 144 valence electrons. The summed E-state index contributed by atoms with van der Waals surface area (Å²) in [6.45, 7) is 1.01. The minimum atomic E-state index is 0.506. The van der Waals surface area contributed by atoms with Crippen molar-refractivity contribution < 1.29 is 14.2 Å². The summed E-state index contributed by atoms with van der Waals surface area (Å²) in [4.78, 5) is 0. The van der Waals surface area contributed by atoms with Gasteiger partial charge in [0.05, 0.1) is 13.3 Å². The van der Waals surface area contributed by atoms with E-state index < -0.39 is 0 Å². The number of ether oxygens (including phenoxy) is 3. The maximum absolute atomic E-state index is 5.92. The molecule has 0 fully saturated rings. The van der Waals surface area contributed by atoms with Gasteiger partial charge < -0.3 is 14.2 Å². The number of benzene rings is 2. The minimum Gasteiger partial charge on any atom is -0.493 e. The SMILES string of the molecule is COc1cc(/C=N\n2cnnc2SCc2ccc(Cl)cc2)cc2c1OCCO2. The fourth-order valence-electron chi connectivity index (χ4n) is 2.62. The van der Waals surface area contributed by atoms with E-state index in [4.69, 9.17) is 25.8 Å². The van der Waals surface area contributed by atoms with Gasteiger partial charge in [0.1, 0.15) is 19.5 Å². The first kappa shape index (κ1) is 18.6. The van der Waals surface area contributed by atoms with Crippen LogP contribution in [0.25, 0.3) is 0 Å². The van der Waals surface area contributed by atoms with Gasteiger partial charge in [-0.3, -0.25) is 0 Å². The highest BCUT2D eigenvalue weighted by Gasteiger charge is 2.18. The van der Waals surface area contributed by atoms with E-state index in [1.165, 1.54) is 0 Å². The molecular formula is C19H17ClN4O3S. The highest BCUT2D eigenvalue weighted by molar-refractivity contribution is 7.98. The molecule has 28 heavy (non-hydrogen) atoms. The van der Waals surface area contributed by atoms with Crippen LogP contribution >= 0.6 is 23.4 Å². The molecule has 0 amide bonds. The van der Waals surface area contributed by atoms with Crippen LogP contribution in [0.1, 0.15) is 11.1 Å². The number of hydrogen-bond donors (Lipinski definition) is 0. The summed E-state index contributed by atoms with van der Waals surface area (Å²) >= 11 is 7.47. The second-order valence-corrected chi connectivity index (χ2v) is 7.24. The first-order valence-corrected chi connectivity index (χ1v) is 9.88. The van der Waals surface area contributed by atoms with Gasteiger partial charge in [-0.1, -0.05) is 35.5 Å². The lowest BCUT2D eigenvalue weighted by molar-refractivity contribution is 0.165. The summed E-state index contributed by atoms with van der Waals surface area (Å²) in [7, 11) is 1.60. The van der Waals surface area contributed by atoms with Gasteiger partial charge in [-0.05, 0) is 29.8 Å². The van der Waals surface area contributed by atoms with E-state index >= 15 is 0 Å². The molecule has 0 saturated heterocycles. The Kier molecular flexibility index (Phi) is 5.68. The molecule has 1 aliphatic rings. The third-order valence-corrected chi connectivity index (χ3v) is 5.22. The van der Waals surface area contributed by atoms with Crippen molar-refractivity contribution in [2.45, 2.75) is 10.9 Å². The second-order valence-electron chi connectivity index (χ2n) is 5.87. The third-order valence-electron chi connectivity index (χ3n) is 3.96. The van der Waals surface area contributed by atoms with Gasteiger partial charge in [-0.15, -0.1) is 10.2 Å². The molecule has 0 aliphatic carbocycles. The molecule has 0 atom stereocenters. The molecule has 1 aliphatic heterocycles. The Morgan fingerprint density at radius 3 is 2.89 bits per heavy atom. The molecule has 0 bridgehead atoms. The fourth-order valence-corrected chi connectivity index (χ4v) is 3.56. The summed E-state index contributed by atoms with van der Waals surface area (Å²) < 4.78 is 18.3. The first-order chi connectivity index (χ1) is 13.7. The number of halogens is 1. The molecular weight excluding hydrogens is 400 g/mol. The number of methoxy groups -OCH3 is 1. The van der Waals surface area contributed by atoms with Crippen LogP contribution in [0.15, 0.2) is 53.0 Å². The van der Waals surface area contributed by atoms with E-state index in [1.807, 2.05) is 36.4 Å². The molecule has 0 spiro atoms. The first-order valence-electron chi connectivity index (χ1n) is 8.52. The lowest BCUT2D eigenvalue weighted by Gasteiger charge is -2.20. The second kappa shape index (κ2) is 8.53. The zero-order chi connectivity index (χ0) is 19.3. The van der Waals surface area contributed by atoms with Crippen LogP contribution in [-0.2, 0) is 5.75 Å². The molecule has 4 rings (SSSR count). The molecule has 0 radical (unpaired) electrons. The zero-order valence-electron chi connectivity index (χ0n) is 15.0. The van der Waals surface area contributed by atoms with Gasteiger partial charge in [0.2, 0.25) is 10.9 Å². The Hall–Kier alpha value is -2.71. The number of hydrogen-bond acceptors (Lipinski definition) is 7. The predicted octanol–water partition coefficient (Wildman–Crippen LogP) is 3.89. The molecule has 9 heteroatoms. The van der Waals surface area contributed by atoms with Gasteiger partial charge in [0.15, 0.2) is 11.5 Å². The minimum absolute atomic E-state index is 0.506. The summed E-state index contributed by atoms with van der Waals surface area (Å²) in [5.74, 6) is 2.62. The van der Waals surface area contributed by atoms with Crippen LogP contribution in [0.3, 0.4) is 0 Å². The van der Waals surface area contributed by atoms with E-state index in [1.54, 1.807) is 36.1 Å². The standard InChI is InChI=1S/C19H17ClN4O3S/c1-25-16-8-14(9-17-18(16)27-7-6-26-17)10-22-24-12-21-23-19(24)28-11-13-2-4-15(20)5-3-13/h2-5,8-10,12H,6-7,11H2,1H3/b22-10-. The van der Waals surface area contributed by atoms with E-state index in [0.717, 1.165) is 21.9 Å². The lowest BCUT2D eigenvalue weighted by Crippen LogP contribution is -2.16. The normalized spacial score (nSPS) is 13.1. The molecule has 0 saturated carbocycles. The zero-order valence-corrected chi connectivity index (χ0v) is 16.6. The van der Waals surface area contributed by atoms with E-state index in [9.17, 15) is 0 Å². The van der Waals surface area contributed by atoms with E-state index in [-0.39, 0.29) is 0 Å². The van der Waals surface area contributed by atoms with Crippen molar-refractivity contribution in [3.63, 3.8) is 0 Å². The monoisotopic (exact) mass is 416 g/mol. The number of thioether (sulfide) groups is 1. The molecule has 2 aromatic carbocycles.